The maximum Gasteiger partial charge on any atom is 0.243 e. The van der Waals surface area contributed by atoms with E-state index in [0.717, 1.165) is 18.9 Å². The van der Waals surface area contributed by atoms with Crippen LogP contribution in [0.3, 0.4) is 0 Å². The molecule has 2 heteroatoms. The van der Waals surface area contributed by atoms with Crippen LogP contribution >= 0.6 is 0 Å². The molecule has 15 heavy (non-hydrogen) atoms. The van der Waals surface area contributed by atoms with Gasteiger partial charge in [0, 0.05) is 6.54 Å². The third-order valence-corrected chi connectivity index (χ3v) is 2.11. The Morgan fingerprint density at radius 1 is 1.20 bits per heavy atom. The van der Waals surface area contributed by atoms with Crippen molar-refractivity contribution in [2.75, 3.05) is 6.54 Å². The molecule has 0 spiro atoms. The number of hydrogen-bond donors (Lipinski definition) is 1. The molecule has 0 unspecified atom stereocenters. The lowest BCUT2D eigenvalue weighted by Crippen LogP contribution is -2.25. The molecule has 0 fully saturated rings. The smallest absolute Gasteiger partial charge is 0.243 e. The Labute approximate surface area is 94.1 Å². The van der Waals surface area contributed by atoms with Gasteiger partial charge in [0.1, 0.15) is 0 Å². The van der Waals surface area contributed by atoms with E-state index in [-0.39, 0.29) is 5.91 Å². The molecule has 0 rings (SSSR count). The van der Waals surface area contributed by atoms with E-state index in [1.165, 1.54) is 12.8 Å². The van der Waals surface area contributed by atoms with Crippen LogP contribution < -0.4 is 5.32 Å². The molecule has 0 aliphatic rings. The molecule has 0 heterocycles. The summed E-state index contributed by atoms with van der Waals surface area (Å²) in [5.41, 5.74) is 0. The van der Waals surface area contributed by atoms with Crippen molar-refractivity contribution in [2.24, 2.45) is 11.8 Å². The van der Waals surface area contributed by atoms with E-state index in [1.54, 1.807) is 6.08 Å². The van der Waals surface area contributed by atoms with Gasteiger partial charge in [-0.05, 0) is 30.8 Å². The predicted molar refractivity (Wildman–Crippen MR) is 65.7 cm³/mol. The Morgan fingerprint density at radius 2 is 1.87 bits per heavy atom. The van der Waals surface area contributed by atoms with Gasteiger partial charge in [-0.15, -0.1) is 0 Å². The molecule has 2 nitrogen and oxygen atoms in total. The number of carbonyl (C=O) groups is 1. The van der Waals surface area contributed by atoms with Crippen LogP contribution in [0.5, 0.6) is 0 Å². The van der Waals surface area contributed by atoms with Crippen molar-refractivity contribution in [1.82, 2.24) is 5.32 Å². The molecule has 0 aliphatic heterocycles. The van der Waals surface area contributed by atoms with Gasteiger partial charge < -0.3 is 5.32 Å². The zero-order valence-electron chi connectivity index (χ0n) is 10.5. The van der Waals surface area contributed by atoms with Gasteiger partial charge in [-0.1, -0.05) is 40.2 Å². The van der Waals surface area contributed by atoms with Crippen LogP contribution in [0, 0.1) is 11.8 Å². The van der Waals surface area contributed by atoms with Crippen molar-refractivity contribution in [2.45, 2.75) is 47.0 Å². The molecule has 0 aliphatic carbocycles. The van der Waals surface area contributed by atoms with Crippen molar-refractivity contribution in [3.05, 3.63) is 12.2 Å². The molecule has 0 aromatic carbocycles. The average Bonchev–Trinajstić information content (AvgIpc) is 2.13. The first-order valence-electron chi connectivity index (χ1n) is 5.96. The fourth-order valence-electron chi connectivity index (χ4n) is 1.20. The lowest BCUT2D eigenvalue weighted by atomic mass is 10.1. The third kappa shape index (κ3) is 11.1. The number of allylic oxidation sites excluding steroid dienone is 1. The minimum Gasteiger partial charge on any atom is -0.352 e. The summed E-state index contributed by atoms with van der Waals surface area (Å²) >= 11 is 0. The van der Waals surface area contributed by atoms with Gasteiger partial charge in [-0.25, -0.2) is 0 Å². The van der Waals surface area contributed by atoms with Crippen molar-refractivity contribution >= 4 is 5.91 Å². The highest BCUT2D eigenvalue weighted by atomic mass is 16.1. The molecule has 0 aromatic heterocycles. The highest BCUT2D eigenvalue weighted by molar-refractivity contribution is 5.87. The Balaban J connectivity index is 3.46. The highest BCUT2D eigenvalue weighted by Crippen LogP contribution is 2.06. The van der Waals surface area contributed by atoms with E-state index in [1.807, 2.05) is 6.08 Å². The van der Waals surface area contributed by atoms with Crippen molar-refractivity contribution in [3.63, 3.8) is 0 Å². The summed E-state index contributed by atoms with van der Waals surface area (Å²) in [7, 11) is 0. The first kappa shape index (κ1) is 14.2. The summed E-state index contributed by atoms with van der Waals surface area (Å²) in [6.45, 7) is 9.38. The second-order valence-electron chi connectivity index (χ2n) is 4.87. The maximum atomic E-state index is 11.2. The summed E-state index contributed by atoms with van der Waals surface area (Å²) in [4.78, 5) is 11.2. The van der Waals surface area contributed by atoms with Crippen molar-refractivity contribution < 1.29 is 4.79 Å². The van der Waals surface area contributed by atoms with Gasteiger partial charge in [0.05, 0.1) is 0 Å². The minimum absolute atomic E-state index is 0.0354. The third-order valence-electron chi connectivity index (χ3n) is 2.11. The lowest BCUT2D eigenvalue weighted by Gasteiger charge is -2.04. The molecule has 0 saturated heterocycles. The van der Waals surface area contributed by atoms with Gasteiger partial charge in [0.25, 0.3) is 0 Å². The molecular weight excluding hydrogens is 186 g/mol. The standard InChI is InChI=1S/C13H25NO/c1-11(2)8-6-5-7-9-13(15)14-10-12(3)4/h7,9,11-12H,5-6,8,10H2,1-4H3,(H,14,15). The van der Waals surface area contributed by atoms with Crippen LogP contribution in [-0.2, 0) is 4.79 Å². The van der Waals surface area contributed by atoms with Crippen LogP contribution in [0.2, 0.25) is 0 Å². The summed E-state index contributed by atoms with van der Waals surface area (Å²) in [6.07, 6.45) is 7.04. The first-order valence-corrected chi connectivity index (χ1v) is 5.96. The number of nitrogens with one attached hydrogen (secondary N) is 1. The van der Waals surface area contributed by atoms with Crippen molar-refractivity contribution in [3.8, 4) is 0 Å². The van der Waals surface area contributed by atoms with E-state index in [2.05, 4.69) is 33.0 Å². The summed E-state index contributed by atoms with van der Waals surface area (Å²) in [5, 5.41) is 2.86. The number of hydrogen-bond acceptors (Lipinski definition) is 1. The molecule has 1 N–H and O–H groups in total. The fraction of sp³-hybridized carbons (Fsp3) is 0.769. The maximum absolute atomic E-state index is 11.2. The number of carbonyl (C=O) groups excluding carboxylic acids is 1. The average molecular weight is 211 g/mol. The normalized spacial score (nSPS) is 11.6. The van der Waals surface area contributed by atoms with Crippen LogP contribution in [-0.4, -0.2) is 12.5 Å². The first-order chi connectivity index (χ1) is 7.02. The lowest BCUT2D eigenvalue weighted by molar-refractivity contribution is -0.116. The molecule has 0 bridgehead atoms. The van der Waals surface area contributed by atoms with Gasteiger partial charge in [-0.2, -0.15) is 0 Å². The Morgan fingerprint density at radius 3 is 2.40 bits per heavy atom. The van der Waals surface area contributed by atoms with E-state index in [4.69, 9.17) is 0 Å². The molecular formula is C13H25NO. The van der Waals surface area contributed by atoms with Gasteiger partial charge in [0.15, 0.2) is 0 Å². The minimum atomic E-state index is 0.0354. The zero-order valence-corrected chi connectivity index (χ0v) is 10.5. The van der Waals surface area contributed by atoms with Gasteiger partial charge >= 0.3 is 0 Å². The van der Waals surface area contributed by atoms with Gasteiger partial charge in [-0.3, -0.25) is 4.79 Å². The molecule has 0 saturated carbocycles. The molecule has 1 amide bonds. The topological polar surface area (TPSA) is 29.1 Å². The summed E-state index contributed by atoms with van der Waals surface area (Å²) < 4.78 is 0. The van der Waals surface area contributed by atoms with E-state index >= 15 is 0 Å². The number of rotatable bonds is 7. The van der Waals surface area contributed by atoms with E-state index in [0.29, 0.717) is 5.92 Å². The molecule has 0 radical (unpaired) electrons. The largest absolute Gasteiger partial charge is 0.352 e. The predicted octanol–water partition coefficient (Wildman–Crippen LogP) is 3.14. The highest BCUT2D eigenvalue weighted by Gasteiger charge is 1.97. The SMILES string of the molecule is CC(C)CCCC=CC(=O)NCC(C)C. The molecule has 0 atom stereocenters. The van der Waals surface area contributed by atoms with E-state index in [9.17, 15) is 4.79 Å². The monoisotopic (exact) mass is 211 g/mol. The van der Waals surface area contributed by atoms with Crippen molar-refractivity contribution in [1.29, 1.82) is 0 Å². The Bertz CT molecular complexity index is 195. The fourth-order valence-corrected chi connectivity index (χ4v) is 1.20. The number of amides is 1. The van der Waals surface area contributed by atoms with Crippen LogP contribution in [0.25, 0.3) is 0 Å². The zero-order chi connectivity index (χ0) is 11.7. The number of unbranched alkanes of at least 4 members (excludes halogenated alkanes) is 1. The molecule has 0 aromatic rings. The second kappa shape index (κ2) is 8.51. The Kier molecular flexibility index (Phi) is 8.06. The summed E-state index contributed by atoms with van der Waals surface area (Å²) in [5.74, 6) is 1.31. The van der Waals surface area contributed by atoms with Crippen LogP contribution in [0.1, 0.15) is 47.0 Å². The van der Waals surface area contributed by atoms with E-state index < -0.39 is 0 Å². The van der Waals surface area contributed by atoms with Gasteiger partial charge in [0.2, 0.25) is 5.91 Å². The summed E-state index contributed by atoms with van der Waals surface area (Å²) in [6, 6.07) is 0. The second-order valence-corrected chi connectivity index (χ2v) is 4.87. The quantitative estimate of drug-likeness (QED) is 0.508. The molecule has 88 valence electrons. The Hall–Kier alpha value is -0.790. The van der Waals surface area contributed by atoms with Crippen LogP contribution in [0.4, 0.5) is 0 Å². The van der Waals surface area contributed by atoms with Crippen LogP contribution in [0.15, 0.2) is 12.2 Å².